The van der Waals surface area contributed by atoms with E-state index < -0.39 is 0 Å². The molecule has 0 bridgehead atoms. The second kappa shape index (κ2) is 12.1. The summed E-state index contributed by atoms with van der Waals surface area (Å²) in [5.74, 6) is 0.0320. The molecular weight excluding hydrogens is 335 g/mol. The molecule has 0 aromatic heterocycles. The van der Waals surface area contributed by atoms with Crippen LogP contribution in [0.25, 0.3) is 0 Å². The second-order valence-electron chi connectivity index (χ2n) is 4.34. The fraction of sp³-hybridized carbons (Fsp3) is 0.500. The number of rotatable bonds is 9. The van der Waals surface area contributed by atoms with Crippen LogP contribution in [0.4, 0.5) is 0 Å². The van der Waals surface area contributed by atoms with E-state index in [9.17, 15) is 4.79 Å². The number of hydrogen-bond acceptors (Lipinski definition) is 3. The highest BCUT2D eigenvalue weighted by Crippen LogP contribution is 2.23. The van der Waals surface area contributed by atoms with E-state index >= 15 is 0 Å². The van der Waals surface area contributed by atoms with Crippen molar-refractivity contribution < 1.29 is 9.53 Å². The first kappa shape index (κ1) is 20.5. The maximum Gasteiger partial charge on any atom is 0.220 e. The van der Waals surface area contributed by atoms with Crippen molar-refractivity contribution in [2.24, 2.45) is 0 Å². The van der Waals surface area contributed by atoms with Crippen LogP contribution >= 0.6 is 35.6 Å². The molecule has 0 saturated heterocycles. The molecule has 1 aromatic carbocycles. The Morgan fingerprint density at radius 2 is 1.95 bits per heavy atom. The Morgan fingerprint density at radius 1 is 1.19 bits per heavy atom. The van der Waals surface area contributed by atoms with E-state index in [1.807, 2.05) is 6.07 Å². The number of carbonyl (C=O) groups is 1. The molecule has 0 unspecified atom stereocenters. The van der Waals surface area contributed by atoms with Crippen molar-refractivity contribution >= 4 is 41.5 Å². The molecule has 0 radical (unpaired) electrons. The predicted octanol–water partition coefficient (Wildman–Crippen LogP) is 2.70. The fourth-order valence-electron chi connectivity index (χ4n) is 1.63. The molecule has 0 aliphatic rings. The Bertz CT molecular complexity index is 431. The molecule has 0 atom stereocenters. The van der Waals surface area contributed by atoms with Gasteiger partial charge in [-0.1, -0.05) is 29.3 Å². The minimum absolute atomic E-state index is 0. The van der Waals surface area contributed by atoms with E-state index in [2.05, 4.69) is 10.6 Å². The molecule has 1 rings (SSSR count). The number of ether oxygens (including phenoxy) is 1. The number of benzene rings is 1. The van der Waals surface area contributed by atoms with Crippen LogP contribution < -0.4 is 10.6 Å². The van der Waals surface area contributed by atoms with Gasteiger partial charge in [-0.25, -0.2) is 0 Å². The standard InChI is InChI=1S/C14H20Cl2N2O2.ClH/c1-20-9-8-17-6-7-18-14(19)5-3-11-2-4-12(15)13(16)10-11;/h2,4,10,17H,3,5-9H2,1H3,(H,18,19);1H. The minimum Gasteiger partial charge on any atom is -0.383 e. The number of hydrogen-bond donors (Lipinski definition) is 2. The molecule has 0 heterocycles. The maximum absolute atomic E-state index is 11.6. The first-order valence-corrected chi connectivity index (χ1v) is 7.29. The number of carbonyl (C=O) groups excluding carboxylic acids is 1. The van der Waals surface area contributed by atoms with Gasteiger partial charge < -0.3 is 15.4 Å². The summed E-state index contributed by atoms with van der Waals surface area (Å²) in [7, 11) is 1.66. The van der Waals surface area contributed by atoms with Gasteiger partial charge in [0.2, 0.25) is 5.91 Å². The van der Waals surface area contributed by atoms with Crippen LogP contribution in [-0.2, 0) is 16.0 Å². The molecule has 2 N–H and O–H groups in total. The first-order valence-electron chi connectivity index (χ1n) is 6.53. The molecule has 1 amide bonds. The van der Waals surface area contributed by atoms with E-state index in [4.69, 9.17) is 27.9 Å². The van der Waals surface area contributed by atoms with Crippen molar-refractivity contribution in [3.63, 3.8) is 0 Å². The summed E-state index contributed by atoms with van der Waals surface area (Å²) in [6.45, 7) is 2.81. The van der Waals surface area contributed by atoms with Crippen LogP contribution in [0.5, 0.6) is 0 Å². The topological polar surface area (TPSA) is 50.4 Å². The summed E-state index contributed by atoms with van der Waals surface area (Å²) in [6, 6.07) is 5.42. The zero-order chi connectivity index (χ0) is 14.8. The number of methoxy groups -OCH3 is 1. The third kappa shape index (κ3) is 9.17. The fourth-order valence-corrected chi connectivity index (χ4v) is 1.95. The van der Waals surface area contributed by atoms with Crippen LogP contribution in [0.15, 0.2) is 18.2 Å². The highest BCUT2D eigenvalue weighted by molar-refractivity contribution is 6.42. The normalized spacial score (nSPS) is 10.0. The van der Waals surface area contributed by atoms with E-state index in [0.717, 1.165) is 18.7 Å². The maximum atomic E-state index is 11.6. The Kier molecular flexibility index (Phi) is 11.8. The average molecular weight is 356 g/mol. The summed E-state index contributed by atoms with van der Waals surface area (Å²) in [6.07, 6.45) is 1.09. The van der Waals surface area contributed by atoms with E-state index in [-0.39, 0.29) is 18.3 Å². The SMILES string of the molecule is COCCNCCNC(=O)CCc1ccc(Cl)c(Cl)c1.Cl. The molecule has 4 nitrogen and oxygen atoms in total. The van der Waals surface area contributed by atoms with Crippen LogP contribution in [0, 0.1) is 0 Å². The van der Waals surface area contributed by atoms with Gasteiger partial charge in [0.25, 0.3) is 0 Å². The van der Waals surface area contributed by atoms with E-state index in [1.165, 1.54) is 0 Å². The number of halogens is 3. The van der Waals surface area contributed by atoms with Gasteiger partial charge >= 0.3 is 0 Å². The summed E-state index contributed by atoms with van der Waals surface area (Å²) >= 11 is 11.8. The Morgan fingerprint density at radius 3 is 2.62 bits per heavy atom. The van der Waals surface area contributed by atoms with Gasteiger partial charge in [-0.3, -0.25) is 4.79 Å². The molecule has 7 heteroatoms. The monoisotopic (exact) mass is 354 g/mol. The highest BCUT2D eigenvalue weighted by atomic mass is 35.5. The summed E-state index contributed by atoms with van der Waals surface area (Å²) < 4.78 is 4.91. The van der Waals surface area contributed by atoms with Crippen LogP contribution in [0.1, 0.15) is 12.0 Å². The van der Waals surface area contributed by atoms with Gasteiger partial charge in [0.1, 0.15) is 0 Å². The van der Waals surface area contributed by atoms with Crippen molar-refractivity contribution in [3.05, 3.63) is 33.8 Å². The lowest BCUT2D eigenvalue weighted by Gasteiger charge is -2.07. The third-order valence-electron chi connectivity index (χ3n) is 2.73. The molecule has 120 valence electrons. The van der Waals surface area contributed by atoms with Crippen molar-refractivity contribution in [2.75, 3.05) is 33.4 Å². The van der Waals surface area contributed by atoms with Gasteiger partial charge in [0.15, 0.2) is 0 Å². The third-order valence-corrected chi connectivity index (χ3v) is 3.47. The van der Waals surface area contributed by atoms with Crippen molar-refractivity contribution in [2.45, 2.75) is 12.8 Å². The Hall–Kier alpha value is -0.520. The van der Waals surface area contributed by atoms with Crippen LogP contribution in [-0.4, -0.2) is 39.3 Å². The lowest BCUT2D eigenvalue weighted by molar-refractivity contribution is -0.121. The predicted molar refractivity (Wildman–Crippen MR) is 89.8 cm³/mol. The minimum atomic E-state index is 0. The highest BCUT2D eigenvalue weighted by Gasteiger charge is 2.04. The van der Waals surface area contributed by atoms with Crippen LogP contribution in [0.2, 0.25) is 10.0 Å². The molecule has 0 aliphatic carbocycles. The van der Waals surface area contributed by atoms with E-state index in [1.54, 1.807) is 19.2 Å². The number of nitrogens with one attached hydrogen (secondary N) is 2. The van der Waals surface area contributed by atoms with Gasteiger partial charge in [-0.05, 0) is 24.1 Å². The van der Waals surface area contributed by atoms with Gasteiger partial charge in [0, 0.05) is 33.2 Å². The van der Waals surface area contributed by atoms with Crippen molar-refractivity contribution in [1.82, 2.24) is 10.6 Å². The molecule has 0 spiro atoms. The molecule has 0 aliphatic heterocycles. The second-order valence-corrected chi connectivity index (χ2v) is 5.16. The molecule has 21 heavy (non-hydrogen) atoms. The number of aryl methyl sites for hydroxylation is 1. The molecule has 0 fully saturated rings. The summed E-state index contributed by atoms with van der Waals surface area (Å²) in [5, 5.41) is 7.06. The van der Waals surface area contributed by atoms with Gasteiger partial charge in [-0.2, -0.15) is 0 Å². The quantitative estimate of drug-likeness (QED) is 0.670. The zero-order valence-electron chi connectivity index (χ0n) is 12.0. The molecular formula is C14H21Cl3N2O2. The summed E-state index contributed by atoms with van der Waals surface area (Å²) in [4.78, 5) is 11.6. The van der Waals surface area contributed by atoms with Gasteiger partial charge in [0.05, 0.1) is 16.7 Å². The van der Waals surface area contributed by atoms with Crippen molar-refractivity contribution in [1.29, 1.82) is 0 Å². The van der Waals surface area contributed by atoms with Crippen LogP contribution in [0.3, 0.4) is 0 Å². The van der Waals surface area contributed by atoms with E-state index in [0.29, 0.717) is 36.0 Å². The number of amides is 1. The lowest BCUT2D eigenvalue weighted by atomic mass is 10.1. The lowest BCUT2D eigenvalue weighted by Crippen LogP contribution is -2.33. The smallest absolute Gasteiger partial charge is 0.220 e. The Labute approximate surface area is 141 Å². The Balaban J connectivity index is 0.00000400. The zero-order valence-corrected chi connectivity index (χ0v) is 14.3. The largest absolute Gasteiger partial charge is 0.383 e. The average Bonchev–Trinajstić information content (AvgIpc) is 2.44. The summed E-state index contributed by atoms with van der Waals surface area (Å²) in [5.41, 5.74) is 1.01. The molecule has 1 aromatic rings. The molecule has 0 saturated carbocycles. The van der Waals surface area contributed by atoms with Crippen molar-refractivity contribution in [3.8, 4) is 0 Å². The van der Waals surface area contributed by atoms with Gasteiger partial charge in [-0.15, -0.1) is 12.4 Å². The first-order chi connectivity index (χ1) is 9.63.